The molecule has 6 rings (SSSR count). The summed E-state index contributed by atoms with van der Waals surface area (Å²) in [6.07, 6.45) is -1.19. The van der Waals surface area contributed by atoms with Gasteiger partial charge in [0.15, 0.2) is 11.9 Å². The van der Waals surface area contributed by atoms with Gasteiger partial charge in [-0.3, -0.25) is 9.58 Å². The highest BCUT2D eigenvalue weighted by atomic mass is 35.5. The van der Waals surface area contributed by atoms with Crippen molar-refractivity contribution in [3.63, 3.8) is 0 Å². The van der Waals surface area contributed by atoms with Crippen LogP contribution in [-0.2, 0) is 16.6 Å². The van der Waals surface area contributed by atoms with Crippen LogP contribution in [0.4, 0.5) is 10.6 Å². The van der Waals surface area contributed by atoms with Crippen molar-refractivity contribution in [2.75, 3.05) is 24.5 Å². The van der Waals surface area contributed by atoms with E-state index in [1.54, 1.807) is 21.7 Å². The maximum atomic E-state index is 13.0. The third-order valence-electron chi connectivity index (χ3n) is 7.83. The minimum atomic E-state index is -1.19. The lowest BCUT2D eigenvalue weighted by Gasteiger charge is -2.28. The minimum absolute atomic E-state index is 0.0426. The van der Waals surface area contributed by atoms with Crippen LogP contribution in [0.1, 0.15) is 44.9 Å². The number of aryl methyl sites for hydroxylation is 2. The number of halogens is 1. The molecule has 0 unspecified atom stereocenters. The number of carbonyl (C=O) groups excluding carboxylic acids is 1. The van der Waals surface area contributed by atoms with Crippen LogP contribution in [0.2, 0.25) is 5.02 Å². The summed E-state index contributed by atoms with van der Waals surface area (Å²) in [7, 11) is 1.88. The van der Waals surface area contributed by atoms with Crippen molar-refractivity contribution in [1.29, 1.82) is 0 Å². The SMILES string of the molecule is CCN1CCN(c2nn(C)c3ccc(-c4nc5cc(C)c([C@H](OC(C)(C)C)C(=O)O)c(-c6ccc(Cl)cc6)c5s4)cc23)C1=O. The number of fused-ring (bicyclic) bond motifs is 2. The standard InChI is InChI=1S/C33H34ClN5O4S/c1-7-38-14-15-39(32(38)42)29-22-17-20(10-13-24(22)37(6)36-29)30-35-23-16-18(2)25(27(31(40)41)43-33(3,4)5)26(28(23)44-30)19-8-11-21(34)12-9-19/h8-13,16-17,27H,7,14-15H2,1-6H3,(H,40,41)/t27-/m0/s1. The number of urea groups is 1. The van der Waals surface area contributed by atoms with E-state index in [2.05, 4.69) is 0 Å². The van der Waals surface area contributed by atoms with Crippen molar-refractivity contribution in [2.24, 2.45) is 7.05 Å². The van der Waals surface area contributed by atoms with Gasteiger partial charge in [-0.15, -0.1) is 11.3 Å². The lowest BCUT2D eigenvalue weighted by atomic mass is 9.91. The average Bonchev–Trinajstić information content (AvgIpc) is 3.65. The van der Waals surface area contributed by atoms with E-state index >= 15 is 0 Å². The molecule has 3 heterocycles. The molecule has 44 heavy (non-hydrogen) atoms. The Morgan fingerprint density at radius 1 is 1.11 bits per heavy atom. The van der Waals surface area contributed by atoms with Crippen molar-refractivity contribution >= 4 is 61.9 Å². The molecule has 2 aromatic heterocycles. The Morgan fingerprint density at radius 2 is 1.82 bits per heavy atom. The molecule has 0 bridgehead atoms. The topological polar surface area (TPSA) is 101 Å². The van der Waals surface area contributed by atoms with Gasteiger partial charge in [-0.05, 0) is 82.1 Å². The summed E-state index contributed by atoms with van der Waals surface area (Å²) in [4.78, 5) is 34.3. The quantitative estimate of drug-likeness (QED) is 0.198. The van der Waals surface area contributed by atoms with Crippen LogP contribution in [0.15, 0.2) is 48.5 Å². The summed E-state index contributed by atoms with van der Waals surface area (Å²) in [6, 6.07) is 15.3. The molecular weight excluding hydrogens is 598 g/mol. The molecule has 3 aromatic carbocycles. The van der Waals surface area contributed by atoms with Gasteiger partial charge >= 0.3 is 12.0 Å². The predicted octanol–water partition coefficient (Wildman–Crippen LogP) is 7.68. The molecule has 5 aromatic rings. The molecule has 0 aliphatic carbocycles. The summed E-state index contributed by atoms with van der Waals surface area (Å²) in [5.41, 5.74) is 4.82. The van der Waals surface area contributed by atoms with Gasteiger partial charge in [0, 0.05) is 53.8 Å². The molecule has 0 spiro atoms. The van der Waals surface area contributed by atoms with E-state index in [1.165, 1.54) is 11.3 Å². The van der Waals surface area contributed by atoms with Crippen LogP contribution in [0.5, 0.6) is 0 Å². The summed E-state index contributed by atoms with van der Waals surface area (Å²) in [6.45, 7) is 11.3. The maximum absolute atomic E-state index is 13.0. The molecular formula is C33H34ClN5O4S. The Bertz CT molecular complexity index is 1930. The fraction of sp³-hybridized carbons (Fsp3) is 0.333. The monoisotopic (exact) mass is 631 g/mol. The number of likely N-dealkylation sites (N-methyl/N-ethyl adjacent to an activating group) is 1. The zero-order chi connectivity index (χ0) is 31.5. The van der Waals surface area contributed by atoms with Gasteiger partial charge in [0.2, 0.25) is 0 Å². The highest BCUT2D eigenvalue weighted by Gasteiger charge is 2.33. The van der Waals surface area contributed by atoms with Crippen LogP contribution < -0.4 is 4.90 Å². The van der Waals surface area contributed by atoms with E-state index in [-0.39, 0.29) is 6.03 Å². The van der Waals surface area contributed by atoms with E-state index in [4.69, 9.17) is 26.4 Å². The van der Waals surface area contributed by atoms with Crippen molar-refractivity contribution in [2.45, 2.75) is 46.3 Å². The molecule has 1 N–H and O–H groups in total. The van der Waals surface area contributed by atoms with Gasteiger partial charge in [0.1, 0.15) is 5.01 Å². The zero-order valence-corrected chi connectivity index (χ0v) is 27.1. The summed E-state index contributed by atoms with van der Waals surface area (Å²) in [5, 5.41) is 17.3. The van der Waals surface area contributed by atoms with Crippen LogP contribution >= 0.6 is 22.9 Å². The summed E-state index contributed by atoms with van der Waals surface area (Å²) in [5.74, 6) is -0.426. The molecule has 1 atom stereocenters. The Hall–Kier alpha value is -3.99. The molecule has 0 saturated carbocycles. The number of hydrogen-bond donors (Lipinski definition) is 1. The Kier molecular flexibility index (Phi) is 7.63. The number of nitrogens with zero attached hydrogens (tertiary/aromatic N) is 5. The van der Waals surface area contributed by atoms with Gasteiger partial charge in [0.25, 0.3) is 0 Å². The van der Waals surface area contributed by atoms with Gasteiger partial charge in [-0.25, -0.2) is 14.6 Å². The van der Waals surface area contributed by atoms with Gasteiger partial charge in [-0.2, -0.15) is 5.10 Å². The number of carboxylic acids is 1. The van der Waals surface area contributed by atoms with Crippen LogP contribution in [0.25, 0.3) is 42.8 Å². The third kappa shape index (κ3) is 5.31. The second-order valence-corrected chi connectivity index (χ2v) is 13.4. The first-order valence-electron chi connectivity index (χ1n) is 14.5. The summed E-state index contributed by atoms with van der Waals surface area (Å²) >= 11 is 7.74. The lowest BCUT2D eigenvalue weighted by Crippen LogP contribution is -2.31. The number of carbonyl (C=O) groups is 2. The molecule has 9 nitrogen and oxygen atoms in total. The minimum Gasteiger partial charge on any atom is -0.479 e. The van der Waals surface area contributed by atoms with Crippen molar-refractivity contribution in [3.8, 4) is 21.7 Å². The van der Waals surface area contributed by atoms with Gasteiger partial charge in [0.05, 0.1) is 21.3 Å². The number of thiazole rings is 1. The van der Waals surface area contributed by atoms with Crippen LogP contribution in [0.3, 0.4) is 0 Å². The molecule has 1 fully saturated rings. The molecule has 11 heteroatoms. The Labute approximate surface area is 264 Å². The smallest absolute Gasteiger partial charge is 0.337 e. The van der Waals surface area contributed by atoms with E-state index in [0.717, 1.165) is 48.4 Å². The van der Waals surface area contributed by atoms with E-state index in [0.29, 0.717) is 36.0 Å². The molecule has 1 aliphatic heterocycles. The second kappa shape index (κ2) is 11.2. The molecule has 1 saturated heterocycles. The number of rotatable bonds is 7. The molecule has 228 valence electrons. The molecule has 1 aliphatic rings. The number of aliphatic carboxylic acids is 1. The molecule has 2 amide bonds. The Balaban J connectivity index is 1.54. The fourth-order valence-corrected chi connectivity index (χ4v) is 7.06. The van der Waals surface area contributed by atoms with Crippen molar-refractivity contribution in [3.05, 3.63) is 64.7 Å². The summed E-state index contributed by atoms with van der Waals surface area (Å²) < 4.78 is 8.79. The first kappa shape index (κ1) is 30.1. The average molecular weight is 632 g/mol. The van der Waals surface area contributed by atoms with Crippen LogP contribution in [0, 0.1) is 6.92 Å². The largest absolute Gasteiger partial charge is 0.479 e. The van der Waals surface area contributed by atoms with E-state index in [9.17, 15) is 14.7 Å². The van der Waals surface area contributed by atoms with Gasteiger partial charge in [-0.1, -0.05) is 23.7 Å². The predicted molar refractivity (Wildman–Crippen MR) is 176 cm³/mol. The van der Waals surface area contributed by atoms with Gasteiger partial charge < -0.3 is 14.7 Å². The number of ether oxygens (including phenoxy) is 1. The highest BCUT2D eigenvalue weighted by molar-refractivity contribution is 7.22. The number of carboxylic acid groups (broad SMARTS) is 1. The second-order valence-electron chi connectivity index (χ2n) is 12.0. The van der Waals surface area contributed by atoms with E-state index in [1.807, 2.05) is 83.0 Å². The van der Waals surface area contributed by atoms with E-state index < -0.39 is 17.7 Å². The molecule has 0 radical (unpaired) electrons. The normalized spacial score (nSPS) is 14.8. The van der Waals surface area contributed by atoms with Crippen molar-refractivity contribution in [1.82, 2.24) is 19.7 Å². The number of hydrogen-bond acceptors (Lipinski definition) is 6. The first-order chi connectivity index (χ1) is 20.9. The van der Waals surface area contributed by atoms with Crippen LogP contribution in [-0.4, -0.2) is 62.0 Å². The highest BCUT2D eigenvalue weighted by Crippen LogP contribution is 2.45. The zero-order valence-electron chi connectivity index (χ0n) is 25.5. The Morgan fingerprint density at radius 3 is 2.45 bits per heavy atom. The first-order valence-corrected chi connectivity index (χ1v) is 15.7. The fourth-order valence-electron chi connectivity index (χ4n) is 5.81. The number of amides is 2. The maximum Gasteiger partial charge on any atom is 0.337 e. The number of anilines is 1. The lowest BCUT2D eigenvalue weighted by molar-refractivity contribution is -0.160. The van der Waals surface area contributed by atoms with Crippen molar-refractivity contribution < 1.29 is 19.4 Å². The number of benzene rings is 3. The third-order valence-corrected chi connectivity index (χ3v) is 9.22. The number of aromatic nitrogens is 3.